The van der Waals surface area contributed by atoms with Crippen LogP contribution in [0.1, 0.15) is 10.4 Å². The van der Waals surface area contributed by atoms with E-state index in [9.17, 15) is 22.8 Å². The minimum atomic E-state index is -4.46. The number of amides is 2. The summed E-state index contributed by atoms with van der Waals surface area (Å²) in [7, 11) is 0. The summed E-state index contributed by atoms with van der Waals surface area (Å²) in [6, 6.07) is 9.46. The van der Waals surface area contributed by atoms with Crippen molar-refractivity contribution in [3.8, 4) is 5.88 Å². The molecule has 0 spiro atoms. The second kappa shape index (κ2) is 8.83. The fraction of sp³-hybridized carbons (Fsp3) is 0.188. The van der Waals surface area contributed by atoms with Crippen molar-refractivity contribution in [2.45, 2.75) is 6.18 Å². The fourth-order valence-corrected chi connectivity index (χ4v) is 2.43. The first-order valence-electron chi connectivity index (χ1n) is 7.23. The molecule has 0 fully saturated rings. The van der Waals surface area contributed by atoms with Gasteiger partial charge in [0.1, 0.15) is 0 Å². The number of halogens is 4. The lowest BCUT2D eigenvalue weighted by molar-refractivity contribution is -0.154. The molecule has 1 aromatic heterocycles. The first kappa shape index (κ1) is 19.9. The summed E-state index contributed by atoms with van der Waals surface area (Å²) in [4.78, 5) is 27.5. The second-order valence-corrected chi connectivity index (χ2v) is 6.16. The van der Waals surface area contributed by atoms with E-state index in [0.717, 1.165) is 9.77 Å². The molecule has 1 aromatic carbocycles. The summed E-state index contributed by atoms with van der Waals surface area (Å²) >= 11 is 2.01. The van der Waals surface area contributed by atoms with Gasteiger partial charge in [0.2, 0.25) is 11.8 Å². The molecule has 26 heavy (non-hydrogen) atoms. The lowest BCUT2D eigenvalue weighted by atomic mass is 10.2. The van der Waals surface area contributed by atoms with Crippen molar-refractivity contribution >= 4 is 40.1 Å². The molecule has 0 bridgehead atoms. The van der Waals surface area contributed by atoms with Crippen LogP contribution >= 0.6 is 22.6 Å². The number of anilines is 1. The number of benzene rings is 1. The molecule has 0 radical (unpaired) electrons. The Morgan fingerprint density at radius 3 is 2.50 bits per heavy atom. The lowest BCUT2D eigenvalue weighted by Gasteiger charge is -2.10. The third-order valence-electron chi connectivity index (χ3n) is 2.93. The molecule has 2 rings (SSSR count). The molecule has 138 valence electrons. The van der Waals surface area contributed by atoms with E-state index in [-0.39, 0.29) is 24.0 Å². The minimum absolute atomic E-state index is 0.215. The van der Waals surface area contributed by atoms with Crippen LogP contribution in [0.4, 0.5) is 18.9 Å². The third kappa shape index (κ3) is 6.50. The molecule has 10 heteroatoms. The number of rotatable bonds is 6. The number of hydrogen-bond donors (Lipinski definition) is 2. The Balaban J connectivity index is 1.82. The van der Waals surface area contributed by atoms with E-state index in [1.807, 2.05) is 22.6 Å². The van der Waals surface area contributed by atoms with Crippen molar-refractivity contribution in [3.05, 3.63) is 51.7 Å². The number of alkyl halides is 3. The average Bonchev–Trinajstić information content (AvgIpc) is 2.59. The fourth-order valence-electron chi connectivity index (χ4n) is 1.80. The number of carbonyl (C=O) groups excluding carboxylic acids is 2. The molecule has 2 amide bonds. The van der Waals surface area contributed by atoms with Gasteiger partial charge >= 0.3 is 6.18 Å². The molecule has 0 atom stereocenters. The van der Waals surface area contributed by atoms with Crippen LogP contribution in [0.2, 0.25) is 0 Å². The normalized spacial score (nSPS) is 10.9. The number of aromatic nitrogens is 1. The third-order valence-corrected chi connectivity index (χ3v) is 3.87. The van der Waals surface area contributed by atoms with Crippen LogP contribution in [0, 0.1) is 3.57 Å². The molecular weight excluding hydrogens is 466 g/mol. The van der Waals surface area contributed by atoms with E-state index < -0.39 is 18.7 Å². The molecule has 6 nitrogen and oxygen atoms in total. The van der Waals surface area contributed by atoms with Gasteiger partial charge in [-0.2, -0.15) is 13.2 Å². The molecule has 0 aliphatic heterocycles. The predicted octanol–water partition coefficient (Wildman–Crippen LogP) is 3.00. The van der Waals surface area contributed by atoms with E-state index in [1.165, 1.54) is 12.1 Å². The molecular formula is C16H13F3IN3O3. The predicted molar refractivity (Wildman–Crippen MR) is 95.9 cm³/mol. The highest BCUT2D eigenvalue weighted by Crippen LogP contribution is 2.18. The van der Waals surface area contributed by atoms with Crippen molar-refractivity contribution in [1.29, 1.82) is 0 Å². The number of nitrogens with zero attached hydrogens (tertiary/aromatic N) is 1. The maximum atomic E-state index is 12.0. The average molecular weight is 479 g/mol. The first-order chi connectivity index (χ1) is 12.2. The van der Waals surface area contributed by atoms with Crippen LogP contribution in [0.3, 0.4) is 0 Å². The maximum absolute atomic E-state index is 12.0. The van der Waals surface area contributed by atoms with Crippen LogP contribution in [0.25, 0.3) is 0 Å². The van der Waals surface area contributed by atoms with Gasteiger partial charge in [0.25, 0.3) is 5.91 Å². The standard InChI is InChI=1S/C16H13F3IN3O3/c17-16(18,19)9-26-14-6-5-10(7-21-14)23-13(24)8-22-15(25)11-3-1-2-4-12(11)20/h1-7H,8-9H2,(H,22,25)(H,23,24). The van der Waals surface area contributed by atoms with Crippen LogP contribution in [-0.2, 0) is 4.79 Å². The molecule has 2 N–H and O–H groups in total. The zero-order valence-electron chi connectivity index (χ0n) is 13.1. The Morgan fingerprint density at radius 1 is 1.15 bits per heavy atom. The summed E-state index contributed by atoms with van der Waals surface area (Å²) < 4.78 is 41.4. The van der Waals surface area contributed by atoms with E-state index in [2.05, 4.69) is 20.4 Å². The summed E-state index contributed by atoms with van der Waals surface area (Å²) in [5, 5.41) is 4.95. The summed E-state index contributed by atoms with van der Waals surface area (Å²) in [5.41, 5.74) is 0.714. The van der Waals surface area contributed by atoms with E-state index in [4.69, 9.17) is 0 Å². The second-order valence-electron chi connectivity index (χ2n) is 5.00. The minimum Gasteiger partial charge on any atom is -0.468 e. The van der Waals surface area contributed by atoms with Crippen molar-refractivity contribution in [3.63, 3.8) is 0 Å². The molecule has 2 aromatic rings. The Morgan fingerprint density at radius 2 is 1.88 bits per heavy atom. The summed E-state index contributed by atoms with van der Waals surface area (Å²) in [6.07, 6.45) is -3.30. The molecule has 0 unspecified atom stereocenters. The topological polar surface area (TPSA) is 80.3 Å². The molecule has 0 saturated carbocycles. The SMILES string of the molecule is O=C(CNC(=O)c1ccccc1I)Nc1ccc(OCC(F)(F)F)nc1. The number of ether oxygens (including phenoxy) is 1. The van der Waals surface area contributed by atoms with Gasteiger partial charge in [-0.3, -0.25) is 9.59 Å². The van der Waals surface area contributed by atoms with Gasteiger partial charge in [0.15, 0.2) is 6.61 Å². The van der Waals surface area contributed by atoms with Crippen molar-refractivity contribution in [2.24, 2.45) is 0 Å². The van der Waals surface area contributed by atoms with Gasteiger partial charge in [-0.15, -0.1) is 0 Å². The number of hydrogen-bond acceptors (Lipinski definition) is 4. The quantitative estimate of drug-likeness (QED) is 0.625. The highest BCUT2D eigenvalue weighted by atomic mass is 127. The zero-order chi connectivity index (χ0) is 19.2. The van der Waals surface area contributed by atoms with Gasteiger partial charge in [-0.05, 0) is 40.8 Å². The maximum Gasteiger partial charge on any atom is 0.422 e. The van der Waals surface area contributed by atoms with Crippen LogP contribution < -0.4 is 15.4 Å². The number of carbonyl (C=O) groups is 2. The van der Waals surface area contributed by atoms with Crippen molar-refractivity contribution in [2.75, 3.05) is 18.5 Å². The highest BCUT2D eigenvalue weighted by Gasteiger charge is 2.28. The summed E-state index contributed by atoms with van der Waals surface area (Å²) in [5.74, 6) is -1.11. The Labute approximate surface area is 160 Å². The molecule has 1 heterocycles. The van der Waals surface area contributed by atoms with Crippen LogP contribution in [0.15, 0.2) is 42.6 Å². The van der Waals surface area contributed by atoms with E-state index in [1.54, 1.807) is 24.3 Å². The number of nitrogens with one attached hydrogen (secondary N) is 2. The zero-order valence-corrected chi connectivity index (χ0v) is 15.3. The van der Waals surface area contributed by atoms with Gasteiger partial charge in [-0.25, -0.2) is 4.98 Å². The van der Waals surface area contributed by atoms with Gasteiger partial charge in [0, 0.05) is 9.64 Å². The number of pyridine rings is 1. The summed E-state index contributed by atoms with van der Waals surface area (Å²) in [6.45, 7) is -1.72. The largest absolute Gasteiger partial charge is 0.468 e. The van der Waals surface area contributed by atoms with Crippen molar-refractivity contribution in [1.82, 2.24) is 10.3 Å². The van der Waals surface area contributed by atoms with E-state index in [0.29, 0.717) is 5.56 Å². The van der Waals surface area contributed by atoms with Crippen LogP contribution in [-0.4, -0.2) is 36.1 Å². The molecule has 0 aliphatic rings. The lowest BCUT2D eigenvalue weighted by Crippen LogP contribution is -2.33. The van der Waals surface area contributed by atoms with Gasteiger partial charge in [-0.1, -0.05) is 12.1 Å². The van der Waals surface area contributed by atoms with Gasteiger partial charge in [0.05, 0.1) is 24.0 Å². The Bertz CT molecular complexity index is 782. The molecule has 0 saturated heterocycles. The smallest absolute Gasteiger partial charge is 0.422 e. The van der Waals surface area contributed by atoms with Crippen LogP contribution in [0.5, 0.6) is 5.88 Å². The van der Waals surface area contributed by atoms with Crippen molar-refractivity contribution < 1.29 is 27.5 Å². The van der Waals surface area contributed by atoms with Gasteiger partial charge < -0.3 is 15.4 Å². The first-order valence-corrected chi connectivity index (χ1v) is 8.30. The highest BCUT2D eigenvalue weighted by molar-refractivity contribution is 14.1. The monoisotopic (exact) mass is 479 g/mol. The Hall–Kier alpha value is -2.37. The molecule has 0 aliphatic carbocycles. The Kier molecular flexibility index (Phi) is 6.77. The van der Waals surface area contributed by atoms with E-state index >= 15 is 0 Å².